The summed E-state index contributed by atoms with van der Waals surface area (Å²) in [6.45, 7) is 1.69. The SMILES string of the molecule is CC1=C(N=[N+]=[N-])[CH+]C=CC1=[N-]. The molecule has 0 aromatic heterocycles. The van der Waals surface area contributed by atoms with E-state index in [0.717, 1.165) is 0 Å². The molecule has 0 N–H and O–H groups in total. The van der Waals surface area contributed by atoms with Gasteiger partial charge in [0, 0.05) is 36.0 Å². The van der Waals surface area contributed by atoms with Gasteiger partial charge in [0.25, 0.3) is 0 Å². The van der Waals surface area contributed by atoms with Crippen LogP contribution >= 0.6 is 0 Å². The van der Waals surface area contributed by atoms with Crippen LogP contribution in [0.1, 0.15) is 6.92 Å². The number of hydrogen-bond acceptors (Lipinski definition) is 1. The van der Waals surface area contributed by atoms with Gasteiger partial charge in [0.1, 0.15) is 5.70 Å². The predicted molar refractivity (Wildman–Crippen MR) is 43.7 cm³/mol. The molecule has 0 saturated heterocycles. The molecule has 0 fully saturated rings. The van der Waals surface area contributed by atoms with E-state index in [1.54, 1.807) is 25.5 Å². The number of hydrogen-bond donors (Lipinski definition) is 0. The van der Waals surface area contributed by atoms with E-state index in [9.17, 15) is 0 Å². The van der Waals surface area contributed by atoms with Crippen molar-refractivity contribution in [3.05, 3.63) is 45.7 Å². The highest BCUT2D eigenvalue weighted by atomic mass is 15.1. The van der Waals surface area contributed by atoms with E-state index in [1.165, 1.54) is 0 Å². The zero-order valence-corrected chi connectivity index (χ0v) is 6.02. The second-order valence-electron chi connectivity index (χ2n) is 2.11. The molecule has 0 amide bonds. The van der Waals surface area contributed by atoms with Gasteiger partial charge in [0.2, 0.25) is 0 Å². The van der Waals surface area contributed by atoms with Gasteiger partial charge in [-0.2, -0.15) is 0 Å². The van der Waals surface area contributed by atoms with Gasteiger partial charge in [-0.15, -0.1) is 0 Å². The Morgan fingerprint density at radius 3 is 3.00 bits per heavy atom. The summed E-state index contributed by atoms with van der Waals surface area (Å²) in [5, 5.41) is 12.5. The van der Waals surface area contributed by atoms with E-state index in [4.69, 9.17) is 10.9 Å². The van der Waals surface area contributed by atoms with Crippen LogP contribution < -0.4 is 0 Å². The third-order valence-corrected chi connectivity index (χ3v) is 1.43. The molecule has 0 spiro atoms. The Kier molecular flexibility index (Phi) is 1.99. The molecule has 0 aromatic carbocycles. The minimum absolute atomic E-state index is 0.148. The summed E-state index contributed by atoms with van der Waals surface area (Å²) in [7, 11) is 0. The van der Waals surface area contributed by atoms with Crippen LogP contribution in [0, 0.1) is 6.42 Å². The number of azide groups is 1. The van der Waals surface area contributed by atoms with Crippen LogP contribution in [0.5, 0.6) is 0 Å². The maximum atomic E-state index is 9.14. The molecule has 4 heteroatoms. The van der Waals surface area contributed by atoms with Gasteiger partial charge in [-0.1, -0.05) is 0 Å². The van der Waals surface area contributed by atoms with E-state index in [2.05, 4.69) is 10.0 Å². The van der Waals surface area contributed by atoms with Crippen LogP contribution in [0.2, 0.25) is 0 Å². The summed E-state index contributed by atoms with van der Waals surface area (Å²) in [5.74, 6) is 0. The Morgan fingerprint density at radius 1 is 1.64 bits per heavy atom. The first-order valence-electron chi connectivity index (χ1n) is 3.09. The average molecular weight is 146 g/mol. The molecule has 0 bridgehead atoms. The Hall–Kier alpha value is -1.67. The van der Waals surface area contributed by atoms with Crippen molar-refractivity contribution < 1.29 is 0 Å². The lowest BCUT2D eigenvalue weighted by molar-refractivity contribution is 1.25. The lowest BCUT2D eigenvalue weighted by atomic mass is 10.0. The van der Waals surface area contributed by atoms with Crippen LogP contribution in [0.4, 0.5) is 0 Å². The minimum atomic E-state index is 0.148. The molecule has 0 radical (unpaired) electrons. The van der Waals surface area contributed by atoms with Gasteiger partial charge in [0.05, 0.1) is 0 Å². The van der Waals surface area contributed by atoms with Gasteiger partial charge in [-0.05, 0) is 16.4 Å². The molecule has 11 heavy (non-hydrogen) atoms. The highest BCUT2D eigenvalue weighted by Gasteiger charge is 2.11. The summed E-state index contributed by atoms with van der Waals surface area (Å²) in [6, 6.07) is 0. The largest absolute Gasteiger partial charge is 0.779 e. The van der Waals surface area contributed by atoms with Crippen LogP contribution in [0.15, 0.2) is 28.5 Å². The summed E-state index contributed by atoms with van der Waals surface area (Å²) in [6.07, 6.45) is 4.83. The molecule has 0 atom stereocenters. The number of rotatable bonds is 1. The fourth-order valence-corrected chi connectivity index (χ4v) is 0.768. The van der Waals surface area contributed by atoms with Gasteiger partial charge < -0.3 is 5.41 Å². The average Bonchev–Trinajstić information content (AvgIpc) is 1.99. The van der Waals surface area contributed by atoms with E-state index in [1.807, 2.05) is 0 Å². The van der Waals surface area contributed by atoms with Crippen molar-refractivity contribution in [2.75, 3.05) is 0 Å². The first-order chi connectivity index (χ1) is 5.25. The fourth-order valence-electron chi connectivity index (χ4n) is 0.768. The van der Waals surface area contributed by atoms with Gasteiger partial charge in [-0.3, -0.25) is 0 Å². The van der Waals surface area contributed by atoms with Crippen LogP contribution in [-0.2, 0) is 0 Å². The lowest BCUT2D eigenvalue weighted by Gasteiger charge is -2.06. The fraction of sp³-hybridized carbons (Fsp3) is 0.143. The number of nitrogens with zero attached hydrogens (tertiary/aromatic N) is 4. The molecule has 0 saturated carbocycles. The van der Waals surface area contributed by atoms with E-state index >= 15 is 0 Å². The molecule has 0 aliphatic heterocycles. The lowest BCUT2D eigenvalue weighted by Crippen LogP contribution is -2.01. The first-order valence-corrected chi connectivity index (χ1v) is 3.09. The van der Waals surface area contributed by atoms with Gasteiger partial charge in [0.15, 0.2) is 0 Å². The van der Waals surface area contributed by atoms with Crippen molar-refractivity contribution in [2.45, 2.75) is 6.92 Å². The van der Waals surface area contributed by atoms with Crippen molar-refractivity contribution in [1.82, 2.24) is 0 Å². The highest BCUT2D eigenvalue weighted by molar-refractivity contribution is 6.11. The molecule has 1 aliphatic rings. The van der Waals surface area contributed by atoms with Crippen LogP contribution in [0.3, 0.4) is 0 Å². The summed E-state index contributed by atoms with van der Waals surface area (Å²) in [5.41, 5.74) is 9.33. The Balaban J connectivity index is 3.02. The molecule has 4 nitrogen and oxygen atoms in total. The normalized spacial score (nSPS) is 15.9. The third kappa shape index (κ3) is 1.42. The van der Waals surface area contributed by atoms with Crippen molar-refractivity contribution in [1.29, 1.82) is 0 Å². The van der Waals surface area contributed by atoms with Crippen LogP contribution in [-0.4, -0.2) is 5.71 Å². The maximum absolute atomic E-state index is 9.14. The molecular weight excluding hydrogens is 140 g/mol. The van der Waals surface area contributed by atoms with E-state index in [0.29, 0.717) is 11.3 Å². The van der Waals surface area contributed by atoms with E-state index in [-0.39, 0.29) is 5.71 Å². The molecule has 0 heterocycles. The van der Waals surface area contributed by atoms with Crippen LogP contribution in [0.25, 0.3) is 15.9 Å². The zero-order chi connectivity index (χ0) is 8.27. The smallest absolute Gasteiger partial charge is 0.149 e. The molecule has 0 aromatic rings. The predicted octanol–water partition coefficient (Wildman–Crippen LogP) is 2.36. The van der Waals surface area contributed by atoms with Crippen molar-refractivity contribution in [2.24, 2.45) is 5.11 Å². The summed E-state index contributed by atoms with van der Waals surface area (Å²) >= 11 is 0. The molecule has 54 valence electrons. The number of allylic oxidation sites excluding steroid dienone is 3. The van der Waals surface area contributed by atoms with Crippen molar-refractivity contribution >= 4 is 5.71 Å². The highest BCUT2D eigenvalue weighted by Crippen LogP contribution is 2.16. The topological polar surface area (TPSA) is 71.1 Å². The minimum Gasteiger partial charge on any atom is -0.779 e. The van der Waals surface area contributed by atoms with Crippen molar-refractivity contribution in [3.8, 4) is 0 Å². The zero-order valence-electron chi connectivity index (χ0n) is 6.02. The quantitative estimate of drug-likeness (QED) is 0.236. The van der Waals surface area contributed by atoms with Crippen molar-refractivity contribution in [3.63, 3.8) is 0 Å². The Labute approximate surface area is 64.4 Å². The first kappa shape index (κ1) is 7.44. The summed E-state index contributed by atoms with van der Waals surface area (Å²) < 4.78 is 0. The monoisotopic (exact) mass is 146 g/mol. The second kappa shape index (κ2) is 2.94. The van der Waals surface area contributed by atoms with E-state index < -0.39 is 0 Å². The standard InChI is InChI=1S/C7H6N4/c1-5-6(8)3-2-4-7(5)10-11-9/h2-4H,1H3. The third-order valence-electron chi connectivity index (χ3n) is 1.43. The summed E-state index contributed by atoms with van der Waals surface area (Å²) in [4.78, 5) is 2.62. The molecule has 1 rings (SSSR count). The Bertz CT molecular complexity index is 292. The molecule has 1 aliphatic carbocycles. The van der Waals surface area contributed by atoms with Gasteiger partial charge in [-0.25, -0.2) is 0 Å². The Morgan fingerprint density at radius 2 is 2.36 bits per heavy atom. The molecular formula is C7H6N4. The maximum Gasteiger partial charge on any atom is 0.149 e. The second-order valence-corrected chi connectivity index (χ2v) is 2.11. The molecule has 0 unspecified atom stereocenters. The van der Waals surface area contributed by atoms with Gasteiger partial charge >= 0.3 is 0 Å².